The zero-order valence-electron chi connectivity index (χ0n) is 11.7. The van der Waals surface area contributed by atoms with E-state index in [2.05, 4.69) is 5.32 Å². The third-order valence-electron chi connectivity index (χ3n) is 3.78. The molecule has 110 valence electrons. The second-order valence-electron chi connectivity index (χ2n) is 5.30. The molecule has 1 saturated carbocycles. The lowest BCUT2D eigenvalue weighted by atomic mass is 9.85. The van der Waals surface area contributed by atoms with E-state index in [1.54, 1.807) is 19.2 Å². The highest BCUT2D eigenvalue weighted by Gasteiger charge is 2.25. The van der Waals surface area contributed by atoms with E-state index < -0.39 is 0 Å². The summed E-state index contributed by atoms with van der Waals surface area (Å²) >= 11 is 5.97. The number of methoxy groups -OCH3 is 1. The molecule has 0 radical (unpaired) electrons. The third-order valence-corrected chi connectivity index (χ3v) is 4.02. The lowest BCUT2D eigenvalue weighted by Gasteiger charge is -2.25. The van der Waals surface area contributed by atoms with Gasteiger partial charge in [-0.15, -0.1) is 0 Å². The highest BCUT2D eigenvalue weighted by atomic mass is 35.5. The minimum Gasteiger partial charge on any atom is -0.496 e. The smallest absolute Gasteiger partial charge is 0.223 e. The molecule has 1 amide bonds. The van der Waals surface area contributed by atoms with Gasteiger partial charge in [0.2, 0.25) is 5.91 Å². The Morgan fingerprint density at radius 2 is 2.30 bits per heavy atom. The fourth-order valence-corrected chi connectivity index (χ4v) is 2.87. The van der Waals surface area contributed by atoms with Crippen LogP contribution in [0.2, 0.25) is 5.02 Å². The molecule has 1 aromatic carbocycles. The monoisotopic (exact) mass is 296 g/mol. The normalized spacial score (nSPS) is 22.4. The van der Waals surface area contributed by atoms with Gasteiger partial charge in [-0.25, -0.2) is 0 Å². The van der Waals surface area contributed by atoms with Crippen molar-refractivity contribution < 1.29 is 9.53 Å². The first-order valence-corrected chi connectivity index (χ1v) is 7.33. The summed E-state index contributed by atoms with van der Waals surface area (Å²) in [7, 11) is 1.61. The lowest BCUT2D eigenvalue weighted by molar-refractivity contribution is -0.126. The van der Waals surface area contributed by atoms with E-state index in [9.17, 15) is 4.79 Å². The van der Waals surface area contributed by atoms with Crippen LogP contribution in [0.3, 0.4) is 0 Å². The Hall–Kier alpha value is -1.26. The maximum Gasteiger partial charge on any atom is 0.223 e. The number of benzene rings is 1. The summed E-state index contributed by atoms with van der Waals surface area (Å²) in [5.41, 5.74) is 6.80. The Morgan fingerprint density at radius 1 is 1.50 bits per heavy atom. The Kier molecular flexibility index (Phi) is 5.26. The third kappa shape index (κ3) is 3.87. The molecule has 0 aromatic heterocycles. The van der Waals surface area contributed by atoms with Crippen LogP contribution < -0.4 is 15.8 Å². The molecule has 0 spiro atoms. The predicted octanol–water partition coefficient (Wildman–Crippen LogP) is 2.48. The van der Waals surface area contributed by atoms with Gasteiger partial charge in [-0.2, -0.15) is 0 Å². The molecule has 1 aliphatic carbocycles. The number of carbonyl (C=O) groups is 1. The van der Waals surface area contributed by atoms with Crippen LogP contribution in [0, 0.1) is 5.92 Å². The molecule has 1 aliphatic rings. The van der Waals surface area contributed by atoms with Crippen molar-refractivity contribution in [1.29, 1.82) is 0 Å². The fraction of sp³-hybridized carbons (Fsp3) is 0.533. The molecule has 20 heavy (non-hydrogen) atoms. The second-order valence-corrected chi connectivity index (χ2v) is 5.73. The molecule has 0 bridgehead atoms. The first kappa shape index (κ1) is 15.1. The summed E-state index contributed by atoms with van der Waals surface area (Å²) in [6, 6.07) is 5.54. The molecule has 2 rings (SSSR count). The van der Waals surface area contributed by atoms with Crippen molar-refractivity contribution in [2.75, 3.05) is 7.11 Å². The molecular weight excluding hydrogens is 276 g/mol. The highest BCUT2D eigenvalue weighted by molar-refractivity contribution is 6.30. The predicted molar refractivity (Wildman–Crippen MR) is 79.8 cm³/mol. The SMILES string of the molecule is COc1ccc(Cl)cc1CNC(=O)C1CCCC(N)C1. The summed E-state index contributed by atoms with van der Waals surface area (Å²) in [6.07, 6.45) is 3.75. The number of hydrogen-bond donors (Lipinski definition) is 2. The lowest BCUT2D eigenvalue weighted by Crippen LogP contribution is -2.37. The average Bonchev–Trinajstić information content (AvgIpc) is 2.45. The zero-order chi connectivity index (χ0) is 14.5. The minimum atomic E-state index is 0.0314. The van der Waals surface area contributed by atoms with Gasteiger partial charge >= 0.3 is 0 Å². The van der Waals surface area contributed by atoms with Gasteiger partial charge in [0, 0.05) is 29.1 Å². The van der Waals surface area contributed by atoms with Gasteiger partial charge in [0.15, 0.2) is 0 Å². The Balaban J connectivity index is 1.94. The van der Waals surface area contributed by atoms with Gasteiger partial charge in [0.05, 0.1) is 7.11 Å². The molecule has 2 unspecified atom stereocenters. The first-order valence-electron chi connectivity index (χ1n) is 6.96. The van der Waals surface area contributed by atoms with Gasteiger partial charge in [-0.05, 0) is 37.5 Å². The number of nitrogens with two attached hydrogens (primary N) is 1. The molecule has 0 aliphatic heterocycles. The molecule has 3 N–H and O–H groups in total. The molecule has 4 nitrogen and oxygen atoms in total. The number of amides is 1. The topological polar surface area (TPSA) is 64.3 Å². The quantitative estimate of drug-likeness (QED) is 0.897. The van der Waals surface area contributed by atoms with E-state index in [4.69, 9.17) is 22.1 Å². The summed E-state index contributed by atoms with van der Waals surface area (Å²) in [6.45, 7) is 0.425. The van der Waals surface area contributed by atoms with Crippen molar-refractivity contribution in [3.05, 3.63) is 28.8 Å². The molecule has 0 saturated heterocycles. The van der Waals surface area contributed by atoms with Crippen molar-refractivity contribution in [2.45, 2.75) is 38.3 Å². The van der Waals surface area contributed by atoms with Crippen LogP contribution in [-0.4, -0.2) is 19.1 Å². The van der Waals surface area contributed by atoms with Crippen molar-refractivity contribution in [3.63, 3.8) is 0 Å². The van der Waals surface area contributed by atoms with Gasteiger partial charge in [0.1, 0.15) is 5.75 Å². The van der Waals surface area contributed by atoms with Crippen molar-refractivity contribution >= 4 is 17.5 Å². The number of hydrogen-bond acceptors (Lipinski definition) is 3. The summed E-state index contributed by atoms with van der Waals surface area (Å²) < 4.78 is 5.27. The van der Waals surface area contributed by atoms with E-state index in [-0.39, 0.29) is 17.9 Å². The maximum absolute atomic E-state index is 12.2. The van der Waals surface area contributed by atoms with E-state index in [1.165, 1.54) is 0 Å². The van der Waals surface area contributed by atoms with Crippen LogP contribution >= 0.6 is 11.6 Å². The molecule has 1 fully saturated rings. The van der Waals surface area contributed by atoms with E-state index in [0.29, 0.717) is 11.6 Å². The summed E-state index contributed by atoms with van der Waals surface area (Å²) in [5, 5.41) is 3.59. The first-order chi connectivity index (χ1) is 9.60. The van der Waals surface area contributed by atoms with Crippen molar-refractivity contribution in [1.82, 2.24) is 5.32 Å². The molecular formula is C15H21ClN2O2. The molecule has 1 aromatic rings. The Labute approximate surface area is 124 Å². The van der Waals surface area contributed by atoms with Crippen LogP contribution in [0.4, 0.5) is 0 Å². The standard InChI is InChI=1S/C15H21ClN2O2/c1-20-14-6-5-12(16)7-11(14)9-18-15(19)10-3-2-4-13(17)8-10/h5-7,10,13H,2-4,8-9,17H2,1H3,(H,18,19). The van der Waals surface area contributed by atoms with Crippen LogP contribution in [0.25, 0.3) is 0 Å². The molecule has 0 heterocycles. The zero-order valence-corrected chi connectivity index (χ0v) is 12.5. The Morgan fingerprint density at radius 3 is 3.00 bits per heavy atom. The number of nitrogens with one attached hydrogen (secondary N) is 1. The van der Waals surface area contributed by atoms with Crippen molar-refractivity contribution in [3.8, 4) is 5.75 Å². The van der Waals surface area contributed by atoms with Crippen molar-refractivity contribution in [2.24, 2.45) is 11.7 Å². The number of carbonyl (C=O) groups excluding carboxylic acids is 1. The van der Waals surface area contributed by atoms with E-state index >= 15 is 0 Å². The summed E-state index contributed by atoms with van der Waals surface area (Å²) in [5.74, 6) is 0.834. The second kappa shape index (κ2) is 6.95. The number of halogens is 1. The van der Waals surface area contributed by atoms with Gasteiger partial charge in [0.25, 0.3) is 0 Å². The fourth-order valence-electron chi connectivity index (χ4n) is 2.68. The van der Waals surface area contributed by atoms with Gasteiger partial charge in [-0.3, -0.25) is 4.79 Å². The van der Waals surface area contributed by atoms with E-state index in [1.807, 2.05) is 6.07 Å². The van der Waals surface area contributed by atoms with Crippen LogP contribution in [0.1, 0.15) is 31.2 Å². The largest absolute Gasteiger partial charge is 0.496 e. The van der Waals surface area contributed by atoms with Gasteiger partial charge in [-0.1, -0.05) is 18.0 Å². The van der Waals surface area contributed by atoms with Crippen LogP contribution in [0.5, 0.6) is 5.75 Å². The van der Waals surface area contributed by atoms with Gasteiger partial charge < -0.3 is 15.8 Å². The van der Waals surface area contributed by atoms with Crippen LogP contribution in [-0.2, 0) is 11.3 Å². The number of rotatable bonds is 4. The highest BCUT2D eigenvalue weighted by Crippen LogP contribution is 2.25. The molecule has 5 heteroatoms. The maximum atomic E-state index is 12.2. The molecule has 2 atom stereocenters. The van der Waals surface area contributed by atoms with Crippen LogP contribution in [0.15, 0.2) is 18.2 Å². The average molecular weight is 297 g/mol. The Bertz CT molecular complexity index is 479. The minimum absolute atomic E-state index is 0.0314. The summed E-state index contributed by atoms with van der Waals surface area (Å²) in [4.78, 5) is 12.2. The van der Waals surface area contributed by atoms with E-state index in [0.717, 1.165) is 37.0 Å². The number of ether oxygens (including phenoxy) is 1.